The first-order valence-electron chi connectivity index (χ1n) is 7.12. The maximum atomic E-state index is 12.0. The molecule has 3 aromatic rings. The van der Waals surface area contributed by atoms with E-state index < -0.39 is 5.97 Å². The summed E-state index contributed by atoms with van der Waals surface area (Å²) in [7, 11) is 1.34. The number of benzene rings is 1. The van der Waals surface area contributed by atoms with Crippen molar-refractivity contribution in [1.82, 2.24) is 15.0 Å². The van der Waals surface area contributed by atoms with Crippen LogP contribution in [0, 0.1) is 6.92 Å². The Kier molecular flexibility index (Phi) is 4.10. The molecule has 5 heteroatoms. The van der Waals surface area contributed by atoms with E-state index in [1.165, 1.54) is 13.3 Å². The number of ether oxygens (including phenoxy) is 1. The van der Waals surface area contributed by atoms with Gasteiger partial charge in [0.2, 0.25) is 0 Å². The van der Waals surface area contributed by atoms with Crippen molar-refractivity contribution in [2.45, 2.75) is 6.92 Å². The zero-order valence-corrected chi connectivity index (χ0v) is 12.9. The fourth-order valence-corrected chi connectivity index (χ4v) is 2.21. The molecule has 5 nitrogen and oxygen atoms in total. The van der Waals surface area contributed by atoms with Gasteiger partial charge < -0.3 is 4.74 Å². The van der Waals surface area contributed by atoms with E-state index in [4.69, 9.17) is 4.74 Å². The molecule has 0 aliphatic carbocycles. The molecule has 0 saturated heterocycles. The number of carbonyl (C=O) groups is 1. The van der Waals surface area contributed by atoms with Crippen molar-refractivity contribution in [2.24, 2.45) is 0 Å². The largest absolute Gasteiger partial charge is 0.465 e. The van der Waals surface area contributed by atoms with E-state index in [1.54, 1.807) is 18.5 Å². The molecule has 1 aromatic carbocycles. The van der Waals surface area contributed by atoms with Crippen molar-refractivity contribution in [1.29, 1.82) is 0 Å². The van der Waals surface area contributed by atoms with Gasteiger partial charge in [-0.1, -0.05) is 29.8 Å². The number of carbonyl (C=O) groups excluding carboxylic acids is 1. The zero-order chi connectivity index (χ0) is 16.2. The molecular weight excluding hydrogens is 290 g/mol. The molecule has 0 amide bonds. The number of nitrogens with zero attached hydrogens (tertiary/aromatic N) is 3. The van der Waals surface area contributed by atoms with Crippen molar-refractivity contribution >= 4 is 5.97 Å². The first kappa shape index (κ1) is 14.8. The quantitative estimate of drug-likeness (QED) is 0.695. The Morgan fingerprint density at radius 1 is 1.04 bits per heavy atom. The summed E-state index contributed by atoms with van der Waals surface area (Å²) >= 11 is 0. The lowest BCUT2D eigenvalue weighted by atomic mass is 10.1. The fourth-order valence-electron chi connectivity index (χ4n) is 2.21. The highest BCUT2D eigenvalue weighted by Gasteiger charge is 2.17. The molecule has 0 unspecified atom stereocenters. The summed E-state index contributed by atoms with van der Waals surface area (Å²) in [5, 5.41) is 0. The van der Waals surface area contributed by atoms with Gasteiger partial charge in [0.25, 0.3) is 0 Å². The van der Waals surface area contributed by atoms with Gasteiger partial charge in [-0.05, 0) is 19.1 Å². The molecule has 0 atom stereocenters. The minimum Gasteiger partial charge on any atom is -0.465 e. The van der Waals surface area contributed by atoms with Crippen LogP contribution < -0.4 is 0 Å². The second-order valence-electron chi connectivity index (χ2n) is 5.06. The van der Waals surface area contributed by atoms with Gasteiger partial charge in [-0.15, -0.1) is 0 Å². The molecule has 0 saturated carbocycles. The van der Waals surface area contributed by atoms with E-state index >= 15 is 0 Å². The number of hydrogen-bond acceptors (Lipinski definition) is 5. The summed E-state index contributed by atoms with van der Waals surface area (Å²) < 4.78 is 4.82. The van der Waals surface area contributed by atoms with Gasteiger partial charge in [0.15, 0.2) is 5.82 Å². The van der Waals surface area contributed by atoms with Crippen molar-refractivity contribution in [3.63, 3.8) is 0 Å². The molecule has 3 rings (SSSR count). The van der Waals surface area contributed by atoms with E-state index in [0.717, 1.165) is 16.7 Å². The van der Waals surface area contributed by atoms with Gasteiger partial charge >= 0.3 is 5.97 Å². The summed E-state index contributed by atoms with van der Waals surface area (Å²) in [6.07, 6.45) is 4.83. The Bertz CT molecular complexity index is 831. The SMILES string of the molecule is COC(=O)c1cnc(-c2ccc(C)cc2)nc1-c1cccnc1. The minimum atomic E-state index is -0.473. The Balaban J connectivity index is 2.15. The predicted molar refractivity (Wildman–Crippen MR) is 86.8 cm³/mol. The number of hydrogen-bond donors (Lipinski definition) is 0. The molecule has 0 bridgehead atoms. The lowest BCUT2D eigenvalue weighted by Gasteiger charge is -2.09. The molecule has 0 spiro atoms. The zero-order valence-electron chi connectivity index (χ0n) is 12.9. The van der Waals surface area contributed by atoms with Crippen molar-refractivity contribution in [3.8, 4) is 22.6 Å². The normalized spacial score (nSPS) is 10.3. The third-order valence-electron chi connectivity index (χ3n) is 3.44. The Hall–Kier alpha value is -3.08. The Labute approximate surface area is 134 Å². The van der Waals surface area contributed by atoms with Crippen molar-refractivity contribution in [3.05, 3.63) is 66.1 Å². The topological polar surface area (TPSA) is 65.0 Å². The number of pyridine rings is 1. The van der Waals surface area contributed by atoms with Crippen molar-refractivity contribution < 1.29 is 9.53 Å². The van der Waals surface area contributed by atoms with Crippen LogP contribution in [-0.4, -0.2) is 28.0 Å². The number of methoxy groups -OCH3 is 1. The summed E-state index contributed by atoms with van der Waals surface area (Å²) in [5.41, 5.74) is 3.61. The van der Waals surface area contributed by atoms with E-state index in [2.05, 4.69) is 15.0 Å². The molecule has 2 heterocycles. The van der Waals surface area contributed by atoms with Crippen LogP contribution in [0.5, 0.6) is 0 Å². The number of aryl methyl sites for hydroxylation is 1. The highest BCUT2D eigenvalue weighted by molar-refractivity contribution is 5.96. The van der Waals surface area contributed by atoms with Crippen LogP contribution in [0.25, 0.3) is 22.6 Å². The molecule has 114 valence electrons. The summed E-state index contributed by atoms with van der Waals surface area (Å²) in [4.78, 5) is 24.9. The molecule has 0 radical (unpaired) electrons. The molecule has 0 aliphatic rings. The molecule has 0 aliphatic heterocycles. The van der Waals surface area contributed by atoms with Gasteiger partial charge in [0.1, 0.15) is 5.56 Å². The van der Waals surface area contributed by atoms with Gasteiger partial charge in [0, 0.05) is 29.7 Å². The maximum absolute atomic E-state index is 12.0. The number of esters is 1. The summed E-state index contributed by atoms with van der Waals surface area (Å²) in [6.45, 7) is 2.02. The molecule has 23 heavy (non-hydrogen) atoms. The lowest BCUT2D eigenvalue weighted by molar-refractivity contribution is 0.0601. The third kappa shape index (κ3) is 3.08. The highest BCUT2D eigenvalue weighted by atomic mass is 16.5. The molecule has 2 aromatic heterocycles. The Morgan fingerprint density at radius 2 is 1.83 bits per heavy atom. The van der Waals surface area contributed by atoms with Crippen LogP contribution >= 0.6 is 0 Å². The number of aromatic nitrogens is 3. The second-order valence-corrected chi connectivity index (χ2v) is 5.06. The van der Waals surface area contributed by atoms with E-state index in [9.17, 15) is 4.79 Å². The molecular formula is C18H15N3O2. The monoisotopic (exact) mass is 305 g/mol. The smallest absolute Gasteiger partial charge is 0.341 e. The molecule has 0 fully saturated rings. The van der Waals surface area contributed by atoms with Crippen LogP contribution in [0.1, 0.15) is 15.9 Å². The van der Waals surface area contributed by atoms with Gasteiger partial charge in [0.05, 0.1) is 12.8 Å². The van der Waals surface area contributed by atoms with Crippen LogP contribution in [0.15, 0.2) is 55.0 Å². The minimum absolute atomic E-state index is 0.316. The van der Waals surface area contributed by atoms with Crippen LogP contribution in [0.4, 0.5) is 0 Å². The summed E-state index contributed by atoms with van der Waals surface area (Å²) in [6, 6.07) is 11.5. The average molecular weight is 305 g/mol. The van der Waals surface area contributed by atoms with Crippen LogP contribution in [0.3, 0.4) is 0 Å². The summed E-state index contributed by atoms with van der Waals surface area (Å²) in [5.74, 6) is 0.0795. The van der Waals surface area contributed by atoms with Gasteiger partial charge in [-0.2, -0.15) is 0 Å². The predicted octanol–water partition coefficient (Wildman–Crippen LogP) is 3.30. The number of rotatable bonds is 3. The highest BCUT2D eigenvalue weighted by Crippen LogP contribution is 2.24. The fraction of sp³-hybridized carbons (Fsp3) is 0.111. The van der Waals surface area contributed by atoms with Crippen molar-refractivity contribution in [2.75, 3.05) is 7.11 Å². The van der Waals surface area contributed by atoms with E-state index in [0.29, 0.717) is 17.1 Å². The maximum Gasteiger partial charge on any atom is 0.341 e. The average Bonchev–Trinajstić information content (AvgIpc) is 2.62. The van der Waals surface area contributed by atoms with Crippen LogP contribution in [-0.2, 0) is 4.74 Å². The lowest BCUT2D eigenvalue weighted by Crippen LogP contribution is -2.07. The first-order chi connectivity index (χ1) is 11.2. The first-order valence-corrected chi connectivity index (χ1v) is 7.12. The molecule has 0 N–H and O–H groups in total. The van der Waals surface area contributed by atoms with E-state index in [-0.39, 0.29) is 0 Å². The Morgan fingerprint density at radius 3 is 2.48 bits per heavy atom. The van der Waals surface area contributed by atoms with E-state index in [1.807, 2.05) is 37.3 Å². The standard InChI is InChI=1S/C18H15N3O2/c1-12-5-7-13(8-6-12)17-20-11-15(18(22)23-2)16(21-17)14-4-3-9-19-10-14/h3-11H,1-2H3. The van der Waals surface area contributed by atoms with Gasteiger partial charge in [-0.25, -0.2) is 14.8 Å². The van der Waals surface area contributed by atoms with Gasteiger partial charge in [-0.3, -0.25) is 4.98 Å². The second kappa shape index (κ2) is 6.36. The van der Waals surface area contributed by atoms with Crippen LogP contribution in [0.2, 0.25) is 0 Å². The third-order valence-corrected chi connectivity index (χ3v) is 3.44.